The Morgan fingerprint density at radius 3 is 2.76 bits per heavy atom. The van der Waals surface area contributed by atoms with Crippen LogP contribution in [0, 0.1) is 0 Å². The Bertz CT molecular complexity index is 485. The molecule has 2 aromatic rings. The van der Waals surface area contributed by atoms with Crippen molar-refractivity contribution in [2.75, 3.05) is 18.2 Å². The second-order valence-corrected chi connectivity index (χ2v) is 4.35. The molecule has 0 amide bonds. The predicted molar refractivity (Wildman–Crippen MR) is 69.4 cm³/mol. The summed E-state index contributed by atoms with van der Waals surface area (Å²) in [4.78, 5) is 3.99. The molecule has 5 nitrogen and oxygen atoms in total. The minimum atomic E-state index is 0.145. The molecule has 0 aliphatic carbocycles. The summed E-state index contributed by atoms with van der Waals surface area (Å²) < 4.78 is 9.25. The molecule has 6 heteroatoms. The van der Waals surface area contributed by atoms with Gasteiger partial charge in [-0.1, -0.05) is 0 Å². The first-order valence-corrected chi connectivity index (χ1v) is 5.95. The molecule has 0 aliphatic rings. The van der Waals surface area contributed by atoms with Gasteiger partial charge in [-0.25, -0.2) is 0 Å². The van der Waals surface area contributed by atoms with Crippen molar-refractivity contribution in [3.63, 3.8) is 0 Å². The van der Waals surface area contributed by atoms with Crippen LogP contribution in [0.4, 0.5) is 10.8 Å². The molecule has 3 N–H and O–H groups in total. The van der Waals surface area contributed by atoms with Crippen LogP contribution < -0.4 is 15.8 Å². The Kier molecular flexibility index (Phi) is 3.43. The molecule has 1 atom stereocenters. The van der Waals surface area contributed by atoms with Gasteiger partial charge in [0.15, 0.2) is 16.6 Å². The fourth-order valence-electron chi connectivity index (χ4n) is 1.52. The van der Waals surface area contributed by atoms with Crippen LogP contribution in [0.5, 0.6) is 5.75 Å². The van der Waals surface area contributed by atoms with Crippen LogP contribution in [0.15, 0.2) is 24.5 Å². The van der Waals surface area contributed by atoms with Crippen molar-refractivity contribution in [3.05, 3.63) is 30.1 Å². The Morgan fingerprint density at radius 1 is 1.41 bits per heavy atom. The topological polar surface area (TPSA) is 73.1 Å². The van der Waals surface area contributed by atoms with Gasteiger partial charge in [-0.2, -0.15) is 4.37 Å². The Morgan fingerprint density at radius 2 is 2.12 bits per heavy atom. The van der Waals surface area contributed by atoms with Gasteiger partial charge < -0.3 is 15.8 Å². The van der Waals surface area contributed by atoms with Crippen molar-refractivity contribution in [3.8, 4) is 5.75 Å². The number of methoxy groups -OCH3 is 1. The van der Waals surface area contributed by atoms with Crippen LogP contribution in [0.1, 0.15) is 18.5 Å². The number of ether oxygens (including phenoxy) is 1. The Labute approximate surface area is 104 Å². The number of rotatable bonds is 4. The number of nitrogens with two attached hydrogens (primary N) is 1. The maximum Gasteiger partial charge on any atom is 0.197 e. The van der Waals surface area contributed by atoms with Gasteiger partial charge in [-0.05, 0) is 36.2 Å². The molecule has 90 valence electrons. The molecular weight excluding hydrogens is 236 g/mol. The first kappa shape index (κ1) is 11.7. The normalized spacial score (nSPS) is 12.1. The minimum absolute atomic E-state index is 0.145. The minimum Gasteiger partial charge on any atom is -0.490 e. The highest BCUT2D eigenvalue weighted by atomic mass is 32.1. The van der Waals surface area contributed by atoms with Gasteiger partial charge in [0.05, 0.1) is 7.11 Å². The van der Waals surface area contributed by atoms with Gasteiger partial charge in [0, 0.05) is 18.4 Å². The Balaban J connectivity index is 2.16. The van der Waals surface area contributed by atoms with Gasteiger partial charge >= 0.3 is 0 Å². The fraction of sp³-hybridized carbons (Fsp3) is 0.273. The third kappa shape index (κ3) is 2.47. The van der Waals surface area contributed by atoms with E-state index in [9.17, 15) is 0 Å². The predicted octanol–water partition coefficient (Wildman–Crippen LogP) is 2.30. The first-order chi connectivity index (χ1) is 8.22. The molecule has 0 radical (unpaired) electrons. The quantitative estimate of drug-likeness (QED) is 0.871. The lowest BCUT2D eigenvalue weighted by Crippen LogP contribution is -2.06. The molecule has 0 spiro atoms. The average Bonchev–Trinajstić information content (AvgIpc) is 2.71. The van der Waals surface area contributed by atoms with E-state index in [0.29, 0.717) is 11.6 Å². The lowest BCUT2D eigenvalue weighted by atomic mass is 10.1. The molecule has 0 aromatic carbocycles. The molecule has 2 aromatic heterocycles. The SMILES string of the molecule is COc1c(N)nsc1NC(C)c1ccncc1. The molecule has 0 saturated heterocycles. The van der Waals surface area contributed by atoms with Crippen LogP contribution in [0.3, 0.4) is 0 Å². The number of nitrogen functional groups attached to an aromatic ring is 1. The van der Waals surface area contributed by atoms with Gasteiger partial charge in [-0.15, -0.1) is 0 Å². The van der Waals surface area contributed by atoms with Gasteiger partial charge in [0.25, 0.3) is 0 Å². The summed E-state index contributed by atoms with van der Waals surface area (Å²) >= 11 is 1.30. The second kappa shape index (κ2) is 5.01. The van der Waals surface area contributed by atoms with Gasteiger partial charge in [-0.3, -0.25) is 4.98 Å². The highest BCUT2D eigenvalue weighted by molar-refractivity contribution is 7.11. The zero-order chi connectivity index (χ0) is 12.3. The third-order valence-electron chi connectivity index (χ3n) is 2.43. The average molecular weight is 250 g/mol. The molecule has 2 heterocycles. The number of pyridine rings is 1. The summed E-state index contributed by atoms with van der Waals surface area (Å²) in [5, 5.41) is 4.16. The molecule has 0 saturated carbocycles. The monoisotopic (exact) mass is 250 g/mol. The van der Waals surface area contributed by atoms with E-state index in [1.54, 1.807) is 19.5 Å². The standard InChI is InChI=1S/C11H14N4OS/c1-7(8-3-5-13-6-4-8)14-11-9(16-2)10(12)15-17-11/h3-7,14H,1-2H3,(H2,12,15). The molecule has 0 aliphatic heterocycles. The van der Waals surface area contributed by atoms with E-state index in [-0.39, 0.29) is 6.04 Å². The van der Waals surface area contributed by atoms with Crippen molar-refractivity contribution in [2.45, 2.75) is 13.0 Å². The summed E-state index contributed by atoms with van der Waals surface area (Å²) in [5.74, 6) is 1.03. The first-order valence-electron chi connectivity index (χ1n) is 5.18. The number of aromatic nitrogens is 2. The zero-order valence-corrected chi connectivity index (χ0v) is 10.5. The molecule has 2 rings (SSSR count). The summed E-state index contributed by atoms with van der Waals surface area (Å²) in [6.45, 7) is 2.06. The summed E-state index contributed by atoms with van der Waals surface area (Å²) in [5.41, 5.74) is 6.84. The zero-order valence-electron chi connectivity index (χ0n) is 9.68. The highest BCUT2D eigenvalue weighted by Crippen LogP contribution is 2.36. The highest BCUT2D eigenvalue weighted by Gasteiger charge is 2.14. The van der Waals surface area contributed by atoms with E-state index >= 15 is 0 Å². The molecule has 17 heavy (non-hydrogen) atoms. The maximum atomic E-state index is 5.69. The van der Waals surface area contributed by atoms with Crippen molar-refractivity contribution in [2.24, 2.45) is 0 Å². The van der Waals surface area contributed by atoms with E-state index in [2.05, 4.69) is 21.6 Å². The van der Waals surface area contributed by atoms with Crippen molar-refractivity contribution in [1.82, 2.24) is 9.36 Å². The van der Waals surface area contributed by atoms with Crippen LogP contribution in [-0.4, -0.2) is 16.5 Å². The van der Waals surface area contributed by atoms with Crippen LogP contribution in [0.2, 0.25) is 0 Å². The smallest absolute Gasteiger partial charge is 0.197 e. The van der Waals surface area contributed by atoms with Crippen LogP contribution in [-0.2, 0) is 0 Å². The number of nitrogens with one attached hydrogen (secondary N) is 1. The van der Waals surface area contributed by atoms with E-state index in [1.165, 1.54) is 11.5 Å². The molecule has 1 unspecified atom stereocenters. The number of hydrogen-bond donors (Lipinski definition) is 2. The van der Waals surface area contributed by atoms with Crippen LogP contribution in [0.25, 0.3) is 0 Å². The lowest BCUT2D eigenvalue weighted by Gasteiger charge is -2.14. The summed E-state index contributed by atoms with van der Waals surface area (Å²) in [7, 11) is 1.59. The largest absolute Gasteiger partial charge is 0.490 e. The summed E-state index contributed by atoms with van der Waals surface area (Å²) in [6.07, 6.45) is 3.54. The fourth-order valence-corrected chi connectivity index (χ4v) is 2.29. The lowest BCUT2D eigenvalue weighted by molar-refractivity contribution is 0.419. The van der Waals surface area contributed by atoms with E-state index in [1.807, 2.05) is 12.1 Å². The number of hydrogen-bond acceptors (Lipinski definition) is 6. The van der Waals surface area contributed by atoms with Crippen LogP contribution >= 0.6 is 11.5 Å². The molecular formula is C11H14N4OS. The van der Waals surface area contributed by atoms with Crippen molar-refractivity contribution >= 4 is 22.4 Å². The maximum absolute atomic E-state index is 5.69. The summed E-state index contributed by atoms with van der Waals surface area (Å²) in [6, 6.07) is 4.08. The van der Waals surface area contributed by atoms with Gasteiger partial charge in [0.2, 0.25) is 0 Å². The Hall–Kier alpha value is -1.82. The van der Waals surface area contributed by atoms with E-state index in [4.69, 9.17) is 10.5 Å². The molecule has 0 bridgehead atoms. The third-order valence-corrected chi connectivity index (χ3v) is 3.21. The number of nitrogens with zero attached hydrogens (tertiary/aromatic N) is 2. The van der Waals surface area contributed by atoms with E-state index < -0.39 is 0 Å². The van der Waals surface area contributed by atoms with E-state index in [0.717, 1.165) is 10.6 Å². The second-order valence-electron chi connectivity index (χ2n) is 3.58. The van der Waals surface area contributed by atoms with Crippen molar-refractivity contribution in [1.29, 1.82) is 0 Å². The molecule has 0 fully saturated rings. The van der Waals surface area contributed by atoms with Crippen molar-refractivity contribution < 1.29 is 4.74 Å². The number of anilines is 2. The van der Waals surface area contributed by atoms with Gasteiger partial charge in [0.1, 0.15) is 0 Å².